The summed E-state index contributed by atoms with van der Waals surface area (Å²) in [5.41, 5.74) is 1.71. The van der Waals surface area contributed by atoms with Crippen molar-refractivity contribution in [3.8, 4) is 23.3 Å². The van der Waals surface area contributed by atoms with Crippen molar-refractivity contribution < 1.29 is 14.3 Å². The predicted molar refractivity (Wildman–Crippen MR) is 91.9 cm³/mol. The molecule has 3 unspecified atom stereocenters. The molecule has 0 saturated heterocycles. The monoisotopic (exact) mass is 327 g/mol. The standard InChI is InChI=1S/C21H13NO3/c22-10-12-5-8-18(15-4-2-1-3-14(12)15)24-13-6-7-16-19(9-13)25-21-17(11-23)20(16)21/h1-9,11,17,20-21H. The first-order chi connectivity index (χ1) is 12.3. The Balaban J connectivity index is 1.51. The number of carbonyl (C=O) groups excluding carboxylic acids is 1. The summed E-state index contributed by atoms with van der Waals surface area (Å²) < 4.78 is 11.9. The molecule has 3 atom stereocenters. The Labute approximate surface area is 144 Å². The number of aldehydes is 1. The van der Waals surface area contributed by atoms with Crippen LogP contribution in [0.4, 0.5) is 0 Å². The minimum Gasteiger partial charge on any atom is -0.489 e. The van der Waals surface area contributed by atoms with Crippen molar-refractivity contribution >= 4 is 17.1 Å². The molecule has 25 heavy (non-hydrogen) atoms. The van der Waals surface area contributed by atoms with E-state index in [1.165, 1.54) is 0 Å². The zero-order chi connectivity index (χ0) is 17.0. The van der Waals surface area contributed by atoms with E-state index in [0.717, 1.165) is 28.4 Å². The first-order valence-corrected chi connectivity index (χ1v) is 8.16. The van der Waals surface area contributed by atoms with Crippen LogP contribution < -0.4 is 9.47 Å². The van der Waals surface area contributed by atoms with Crippen molar-refractivity contribution in [2.45, 2.75) is 12.0 Å². The second-order valence-electron chi connectivity index (χ2n) is 6.39. The van der Waals surface area contributed by atoms with Crippen LogP contribution in [0.3, 0.4) is 0 Å². The van der Waals surface area contributed by atoms with Gasteiger partial charge in [-0.2, -0.15) is 5.26 Å². The van der Waals surface area contributed by atoms with E-state index in [1.54, 1.807) is 6.07 Å². The lowest BCUT2D eigenvalue weighted by Gasteiger charge is -2.12. The summed E-state index contributed by atoms with van der Waals surface area (Å²) in [5.74, 6) is 2.38. The SMILES string of the molecule is N#Cc1ccc(Oc2ccc3c(c2)OC2C(C=O)C32)c2ccccc12. The number of hydrogen-bond acceptors (Lipinski definition) is 4. The summed E-state index contributed by atoms with van der Waals surface area (Å²) in [6.45, 7) is 0. The van der Waals surface area contributed by atoms with Crippen molar-refractivity contribution in [2.24, 2.45) is 5.92 Å². The van der Waals surface area contributed by atoms with E-state index < -0.39 is 0 Å². The van der Waals surface area contributed by atoms with Gasteiger partial charge in [0, 0.05) is 28.3 Å². The lowest BCUT2D eigenvalue weighted by atomic mass is 10.0. The average Bonchev–Trinajstić information content (AvgIpc) is 3.22. The number of carbonyl (C=O) groups is 1. The van der Waals surface area contributed by atoms with Gasteiger partial charge in [-0.25, -0.2) is 0 Å². The van der Waals surface area contributed by atoms with Crippen LogP contribution >= 0.6 is 0 Å². The molecule has 1 fully saturated rings. The molecule has 4 nitrogen and oxygen atoms in total. The summed E-state index contributed by atoms with van der Waals surface area (Å²) >= 11 is 0. The van der Waals surface area contributed by atoms with E-state index in [-0.39, 0.29) is 17.9 Å². The number of nitriles is 1. The molecule has 0 bridgehead atoms. The molecule has 0 spiro atoms. The molecule has 1 heterocycles. The second kappa shape index (κ2) is 5.09. The number of nitrogens with zero attached hydrogens (tertiary/aromatic N) is 1. The van der Waals surface area contributed by atoms with E-state index in [4.69, 9.17) is 9.47 Å². The van der Waals surface area contributed by atoms with Crippen molar-refractivity contribution in [3.63, 3.8) is 0 Å². The normalized spacial score (nSPS) is 22.4. The average molecular weight is 327 g/mol. The molecule has 3 aromatic rings. The highest BCUT2D eigenvalue weighted by Crippen LogP contribution is 2.57. The first kappa shape index (κ1) is 14.1. The molecule has 0 radical (unpaired) electrons. The molecule has 3 aromatic carbocycles. The van der Waals surface area contributed by atoms with Crippen LogP contribution in [0.25, 0.3) is 10.8 Å². The minimum atomic E-state index is -0.00140. The molecule has 0 N–H and O–H groups in total. The third kappa shape index (κ3) is 2.03. The fourth-order valence-electron chi connectivity index (χ4n) is 3.69. The van der Waals surface area contributed by atoms with Crippen molar-refractivity contribution in [1.29, 1.82) is 5.26 Å². The van der Waals surface area contributed by atoms with Crippen molar-refractivity contribution in [1.82, 2.24) is 0 Å². The smallest absolute Gasteiger partial charge is 0.135 e. The summed E-state index contributed by atoms with van der Waals surface area (Å²) in [6.07, 6.45) is 0.976. The van der Waals surface area contributed by atoms with Gasteiger partial charge in [0.1, 0.15) is 29.6 Å². The van der Waals surface area contributed by atoms with Crippen LogP contribution in [-0.2, 0) is 4.79 Å². The number of hydrogen-bond donors (Lipinski definition) is 0. The highest BCUT2D eigenvalue weighted by molar-refractivity contribution is 5.93. The molecule has 5 rings (SSSR count). The maximum Gasteiger partial charge on any atom is 0.135 e. The number of rotatable bonds is 3. The van der Waals surface area contributed by atoms with Gasteiger partial charge in [-0.05, 0) is 18.2 Å². The van der Waals surface area contributed by atoms with E-state index in [0.29, 0.717) is 17.1 Å². The second-order valence-corrected chi connectivity index (χ2v) is 6.39. The maximum atomic E-state index is 10.9. The zero-order valence-corrected chi connectivity index (χ0v) is 13.2. The van der Waals surface area contributed by atoms with E-state index in [9.17, 15) is 10.1 Å². The lowest BCUT2D eigenvalue weighted by Crippen LogP contribution is -2.00. The summed E-state index contributed by atoms with van der Waals surface area (Å²) in [5, 5.41) is 11.0. The maximum absolute atomic E-state index is 10.9. The molecule has 120 valence electrons. The molecule has 1 saturated carbocycles. The molecular formula is C21H13NO3. The molecule has 1 aliphatic carbocycles. The Kier molecular flexibility index (Phi) is 2.86. The number of ether oxygens (including phenoxy) is 2. The van der Waals surface area contributed by atoms with Gasteiger partial charge in [0.25, 0.3) is 0 Å². The van der Waals surface area contributed by atoms with Crippen LogP contribution in [-0.4, -0.2) is 12.4 Å². The van der Waals surface area contributed by atoms with Crippen LogP contribution in [0.5, 0.6) is 17.2 Å². The highest BCUT2D eigenvalue weighted by atomic mass is 16.5. The largest absolute Gasteiger partial charge is 0.489 e. The van der Waals surface area contributed by atoms with Gasteiger partial charge in [-0.3, -0.25) is 0 Å². The van der Waals surface area contributed by atoms with Gasteiger partial charge < -0.3 is 14.3 Å². The van der Waals surface area contributed by atoms with Gasteiger partial charge in [-0.15, -0.1) is 0 Å². The third-order valence-electron chi connectivity index (χ3n) is 5.00. The van der Waals surface area contributed by atoms with Gasteiger partial charge in [0.05, 0.1) is 17.6 Å². The van der Waals surface area contributed by atoms with Crippen molar-refractivity contribution in [2.75, 3.05) is 0 Å². The fraction of sp³-hybridized carbons (Fsp3) is 0.143. The van der Waals surface area contributed by atoms with E-state index in [2.05, 4.69) is 6.07 Å². The predicted octanol–water partition coefficient (Wildman–Crippen LogP) is 4.18. The summed E-state index contributed by atoms with van der Waals surface area (Å²) in [4.78, 5) is 10.9. The van der Waals surface area contributed by atoms with Gasteiger partial charge in [0.2, 0.25) is 0 Å². The quantitative estimate of drug-likeness (QED) is 0.677. The van der Waals surface area contributed by atoms with Crippen LogP contribution in [0.2, 0.25) is 0 Å². The first-order valence-electron chi connectivity index (χ1n) is 8.16. The van der Waals surface area contributed by atoms with Crippen LogP contribution in [0.1, 0.15) is 17.0 Å². The summed E-state index contributed by atoms with van der Waals surface area (Å²) in [7, 11) is 0. The van der Waals surface area contributed by atoms with E-state index >= 15 is 0 Å². The molecule has 0 amide bonds. The van der Waals surface area contributed by atoms with Gasteiger partial charge >= 0.3 is 0 Å². The van der Waals surface area contributed by atoms with E-state index in [1.807, 2.05) is 48.5 Å². The number of benzene rings is 3. The summed E-state index contributed by atoms with van der Waals surface area (Å²) in [6, 6.07) is 19.2. The number of fused-ring (bicyclic) bond motifs is 4. The zero-order valence-electron chi connectivity index (χ0n) is 13.2. The molecule has 1 aliphatic heterocycles. The lowest BCUT2D eigenvalue weighted by molar-refractivity contribution is -0.109. The Hall–Kier alpha value is -3.32. The molecule has 0 aromatic heterocycles. The molecular weight excluding hydrogens is 314 g/mol. The van der Waals surface area contributed by atoms with Gasteiger partial charge in [-0.1, -0.05) is 30.3 Å². The fourth-order valence-corrected chi connectivity index (χ4v) is 3.69. The molecule has 2 aliphatic rings. The minimum absolute atomic E-state index is 0.00140. The van der Waals surface area contributed by atoms with Crippen molar-refractivity contribution in [3.05, 3.63) is 65.7 Å². The van der Waals surface area contributed by atoms with Gasteiger partial charge in [0.15, 0.2) is 0 Å². The topological polar surface area (TPSA) is 59.3 Å². The molecule has 4 heteroatoms. The Morgan fingerprint density at radius 1 is 1.08 bits per heavy atom. The Bertz CT molecular complexity index is 1070. The highest BCUT2D eigenvalue weighted by Gasteiger charge is 2.58. The Morgan fingerprint density at radius 2 is 1.92 bits per heavy atom. The van der Waals surface area contributed by atoms with Crippen LogP contribution in [0, 0.1) is 17.2 Å². The van der Waals surface area contributed by atoms with Crippen LogP contribution in [0.15, 0.2) is 54.6 Å². The Morgan fingerprint density at radius 3 is 2.72 bits per heavy atom. The third-order valence-corrected chi connectivity index (χ3v) is 5.00.